The van der Waals surface area contributed by atoms with Gasteiger partial charge in [-0.2, -0.15) is 0 Å². The molecule has 1 N–H and O–H groups in total. The third-order valence-electron chi connectivity index (χ3n) is 5.92. The van der Waals surface area contributed by atoms with Crippen LogP contribution in [0.4, 0.5) is 0 Å². The lowest BCUT2D eigenvalue weighted by molar-refractivity contribution is -0.143. The molecule has 0 heterocycles. The number of ether oxygens (including phenoxy) is 1. The molecule has 1 fully saturated rings. The first-order valence-corrected chi connectivity index (χ1v) is 11.4. The van der Waals surface area contributed by atoms with Crippen molar-refractivity contribution in [3.63, 3.8) is 0 Å². The van der Waals surface area contributed by atoms with E-state index in [1.165, 1.54) is 6.42 Å². The van der Waals surface area contributed by atoms with E-state index in [0.717, 1.165) is 36.8 Å². The van der Waals surface area contributed by atoms with Gasteiger partial charge in [-0.15, -0.1) is 0 Å². The summed E-state index contributed by atoms with van der Waals surface area (Å²) in [5.41, 5.74) is 2.17. The Balaban J connectivity index is 1.73. The highest BCUT2D eigenvalue weighted by Gasteiger charge is 2.30. The molecule has 3 rings (SSSR count). The molecular weight excluding hydrogens is 388 g/mol. The van der Waals surface area contributed by atoms with Gasteiger partial charge in [-0.05, 0) is 43.9 Å². The largest absolute Gasteiger partial charge is 0.484 e. The topological polar surface area (TPSA) is 58.6 Å². The lowest BCUT2D eigenvalue weighted by atomic mass is 9.95. The molecule has 1 aliphatic carbocycles. The van der Waals surface area contributed by atoms with E-state index >= 15 is 0 Å². The summed E-state index contributed by atoms with van der Waals surface area (Å²) in [6, 6.07) is 17.1. The Hall–Kier alpha value is -2.82. The van der Waals surface area contributed by atoms with Crippen molar-refractivity contribution in [2.45, 2.75) is 71.0 Å². The number of hydrogen-bond acceptors (Lipinski definition) is 3. The fourth-order valence-electron chi connectivity index (χ4n) is 4.10. The Morgan fingerprint density at radius 1 is 1.03 bits per heavy atom. The minimum absolute atomic E-state index is 0.0606. The van der Waals surface area contributed by atoms with E-state index in [-0.39, 0.29) is 24.5 Å². The summed E-state index contributed by atoms with van der Waals surface area (Å²) in [5, 5.41) is 3.20. The average Bonchev–Trinajstić information content (AvgIpc) is 2.80. The maximum atomic E-state index is 13.2. The van der Waals surface area contributed by atoms with E-state index < -0.39 is 6.04 Å². The van der Waals surface area contributed by atoms with Crippen molar-refractivity contribution < 1.29 is 14.3 Å². The van der Waals surface area contributed by atoms with Crippen LogP contribution < -0.4 is 10.1 Å². The summed E-state index contributed by atoms with van der Waals surface area (Å²) < 4.78 is 5.71. The molecule has 0 saturated heterocycles. The first-order valence-electron chi connectivity index (χ1n) is 11.4. The molecule has 5 nitrogen and oxygen atoms in total. The number of aryl methyl sites for hydroxylation is 1. The molecule has 2 amide bonds. The summed E-state index contributed by atoms with van der Waals surface area (Å²) in [7, 11) is 0. The second-order valence-electron chi connectivity index (χ2n) is 8.38. The van der Waals surface area contributed by atoms with Crippen LogP contribution in [0, 0.1) is 6.92 Å². The van der Waals surface area contributed by atoms with Crippen molar-refractivity contribution in [1.29, 1.82) is 0 Å². The van der Waals surface area contributed by atoms with Crippen molar-refractivity contribution in [3.8, 4) is 5.75 Å². The molecule has 1 saturated carbocycles. The fraction of sp³-hybridized carbons (Fsp3) is 0.462. The predicted molar refractivity (Wildman–Crippen MR) is 123 cm³/mol. The molecular formula is C26H34N2O3. The van der Waals surface area contributed by atoms with Crippen molar-refractivity contribution >= 4 is 11.8 Å². The van der Waals surface area contributed by atoms with Crippen LogP contribution in [0.5, 0.6) is 5.75 Å². The minimum Gasteiger partial charge on any atom is -0.484 e. The van der Waals surface area contributed by atoms with Gasteiger partial charge in [0.1, 0.15) is 11.8 Å². The van der Waals surface area contributed by atoms with E-state index in [2.05, 4.69) is 5.32 Å². The zero-order chi connectivity index (χ0) is 22.1. The van der Waals surface area contributed by atoms with Gasteiger partial charge in [0.05, 0.1) is 0 Å². The van der Waals surface area contributed by atoms with Gasteiger partial charge in [0.2, 0.25) is 5.91 Å². The Morgan fingerprint density at radius 3 is 2.35 bits per heavy atom. The van der Waals surface area contributed by atoms with E-state index in [1.54, 1.807) is 4.90 Å². The summed E-state index contributed by atoms with van der Waals surface area (Å²) in [6.45, 7) is 4.28. The summed E-state index contributed by atoms with van der Waals surface area (Å²) in [6.07, 6.45) is 6.13. The number of hydrogen-bond donors (Lipinski definition) is 1. The molecule has 2 aromatic carbocycles. The molecule has 1 atom stereocenters. The average molecular weight is 423 g/mol. The minimum atomic E-state index is -0.518. The van der Waals surface area contributed by atoms with E-state index in [9.17, 15) is 9.59 Å². The lowest BCUT2D eigenvalue weighted by Gasteiger charge is -2.32. The lowest BCUT2D eigenvalue weighted by Crippen LogP contribution is -2.52. The molecule has 1 aliphatic rings. The summed E-state index contributed by atoms with van der Waals surface area (Å²) in [5.74, 6) is 0.399. The summed E-state index contributed by atoms with van der Waals surface area (Å²) in [4.78, 5) is 28.0. The number of carbonyl (C=O) groups excluding carboxylic acids is 2. The quantitative estimate of drug-likeness (QED) is 0.641. The highest BCUT2D eigenvalue weighted by atomic mass is 16.5. The van der Waals surface area contributed by atoms with Gasteiger partial charge in [-0.25, -0.2) is 0 Å². The Morgan fingerprint density at radius 2 is 1.71 bits per heavy atom. The maximum Gasteiger partial charge on any atom is 0.261 e. The van der Waals surface area contributed by atoms with Crippen LogP contribution in [0.25, 0.3) is 0 Å². The number of rotatable bonds is 9. The number of amides is 2. The molecule has 0 aliphatic heterocycles. The van der Waals surface area contributed by atoms with Crippen LogP contribution in [0.15, 0.2) is 54.6 Å². The van der Waals surface area contributed by atoms with Gasteiger partial charge in [-0.1, -0.05) is 74.2 Å². The molecule has 0 aromatic heterocycles. The van der Waals surface area contributed by atoms with Crippen molar-refractivity contribution in [2.75, 3.05) is 6.61 Å². The van der Waals surface area contributed by atoms with Crippen molar-refractivity contribution in [3.05, 3.63) is 65.7 Å². The van der Waals surface area contributed by atoms with Gasteiger partial charge in [-0.3, -0.25) is 9.59 Å². The fourth-order valence-corrected chi connectivity index (χ4v) is 4.10. The zero-order valence-corrected chi connectivity index (χ0v) is 18.7. The molecule has 1 unspecified atom stereocenters. The third-order valence-corrected chi connectivity index (χ3v) is 5.92. The second-order valence-corrected chi connectivity index (χ2v) is 8.38. The maximum absolute atomic E-state index is 13.2. The highest BCUT2D eigenvalue weighted by molar-refractivity contribution is 5.88. The van der Waals surface area contributed by atoms with Crippen molar-refractivity contribution in [2.24, 2.45) is 0 Å². The zero-order valence-electron chi connectivity index (χ0n) is 18.7. The predicted octanol–water partition coefficient (Wildman–Crippen LogP) is 4.63. The number of nitrogens with one attached hydrogen (secondary N) is 1. The number of nitrogens with zero attached hydrogens (tertiary/aromatic N) is 1. The van der Waals surface area contributed by atoms with Gasteiger partial charge in [0, 0.05) is 12.6 Å². The Bertz CT molecular complexity index is 829. The van der Waals surface area contributed by atoms with Crippen LogP contribution in [-0.4, -0.2) is 35.4 Å². The van der Waals surface area contributed by atoms with Crippen LogP contribution in [-0.2, 0) is 16.1 Å². The first-order chi connectivity index (χ1) is 15.1. The smallest absolute Gasteiger partial charge is 0.261 e. The molecule has 5 heteroatoms. The van der Waals surface area contributed by atoms with Crippen LogP contribution in [0.2, 0.25) is 0 Å². The standard InChI is InChI=1S/C26H34N2O3/c1-3-24(26(30)27-22-10-6-4-7-11-22)28(18-21-16-14-20(2)15-17-21)25(29)19-31-23-12-8-5-9-13-23/h5,8-9,12-17,22,24H,3-4,6-7,10-11,18-19H2,1-2H3,(H,27,30). The number of benzene rings is 2. The molecule has 0 spiro atoms. The molecule has 0 bridgehead atoms. The number of carbonyl (C=O) groups is 2. The monoisotopic (exact) mass is 422 g/mol. The van der Waals surface area contributed by atoms with Crippen LogP contribution in [0.3, 0.4) is 0 Å². The first kappa shape index (κ1) is 22.9. The SMILES string of the molecule is CCC(C(=O)NC1CCCCC1)N(Cc1ccc(C)cc1)C(=O)COc1ccccc1. The molecule has 166 valence electrons. The van der Waals surface area contributed by atoms with E-state index in [4.69, 9.17) is 4.74 Å². The molecule has 31 heavy (non-hydrogen) atoms. The second kappa shape index (κ2) is 11.5. The molecule has 0 radical (unpaired) electrons. The molecule has 2 aromatic rings. The third kappa shape index (κ3) is 6.84. The summed E-state index contributed by atoms with van der Waals surface area (Å²) >= 11 is 0. The van der Waals surface area contributed by atoms with Gasteiger partial charge in [0.25, 0.3) is 5.91 Å². The van der Waals surface area contributed by atoms with Crippen molar-refractivity contribution in [1.82, 2.24) is 10.2 Å². The van der Waals surface area contributed by atoms with Crippen LogP contribution in [0.1, 0.15) is 56.6 Å². The van der Waals surface area contributed by atoms with E-state index in [0.29, 0.717) is 18.7 Å². The number of para-hydroxylation sites is 1. The van der Waals surface area contributed by atoms with E-state index in [1.807, 2.05) is 68.4 Å². The van der Waals surface area contributed by atoms with Gasteiger partial charge < -0.3 is 15.0 Å². The van der Waals surface area contributed by atoms with Gasteiger partial charge >= 0.3 is 0 Å². The Labute approximate surface area is 185 Å². The van der Waals surface area contributed by atoms with Crippen LogP contribution >= 0.6 is 0 Å². The van der Waals surface area contributed by atoms with Gasteiger partial charge in [0.15, 0.2) is 6.61 Å². The highest BCUT2D eigenvalue weighted by Crippen LogP contribution is 2.19. The Kier molecular flexibility index (Phi) is 8.51. The normalized spacial score (nSPS) is 15.2.